The zero-order valence-corrected chi connectivity index (χ0v) is 12.5. The third-order valence-corrected chi connectivity index (χ3v) is 4.58. The van der Waals surface area contributed by atoms with E-state index in [1.54, 1.807) is 0 Å². The number of aryl methyl sites for hydroxylation is 1. The highest BCUT2D eigenvalue weighted by atomic mass is 16.5. The fraction of sp³-hybridized carbons (Fsp3) is 0.368. The maximum Gasteiger partial charge on any atom is 0.122 e. The molecule has 2 aromatic carbocycles. The summed E-state index contributed by atoms with van der Waals surface area (Å²) in [5, 5.41) is 3.57. The second kappa shape index (κ2) is 5.10. The number of hydrogen-bond donors (Lipinski definition) is 1. The number of rotatable bonds is 2. The molecule has 2 nitrogen and oxygen atoms in total. The van der Waals surface area contributed by atoms with Crippen LogP contribution < -0.4 is 10.1 Å². The van der Waals surface area contributed by atoms with Crippen LogP contribution in [0.4, 0.5) is 5.69 Å². The first-order valence-corrected chi connectivity index (χ1v) is 7.91. The van der Waals surface area contributed by atoms with E-state index in [9.17, 15) is 0 Å². The quantitative estimate of drug-likeness (QED) is 0.898. The van der Waals surface area contributed by atoms with Crippen LogP contribution in [-0.4, -0.2) is 12.6 Å². The number of anilines is 1. The number of benzene rings is 2. The number of fused-ring (bicyclic) bond motifs is 2. The molecule has 0 saturated heterocycles. The molecule has 0 fully saturated rings. The van der Waals surface area contributed by atoms with Gasteiger partial charge in [0.05, 0.1) is 6.61 Å². The van der Waals surface area contributed by atoms with Crippen molar-refractivity contribution in [2.24, 2.45) is 0 Å². The molecule has 0 saturated carbocycles. The van der Waals surface area contributed by atoms with Crippen LogP contribution in [0.15, 0.2) is 36.4 Å². The molecule has 2 aliphatic rings. The first kappa shape index (κ1) is 12.8. The first-order valence-electron chi connectivity index (χ1n) is 7.91. The Morgan fingerprint density at radius 1 is 1.05 bits per heavy atom. The van der Waals surface area contributed by atoms with Crippen molar-refractivity contribution >= 4 is 5.69 Å². The third kappa shape index (κ3) is 2.51. The lowest BCUT2D eigenvalue weighted by molar-refractivity contribution is 0.357. The highest BCUT2D eigenvalue weighted by molar-refractivity contribution is 5.55. The van der Waals surface area contributed by atoms with Gasteiger partial charge in [-0.2, -0.15) is 0 Å². The van der Waals surface area contributed by atoms with Gasteiger partial charge in [0, 0.05) is 18.2 Å². The van der Waals surface area contributed by atoms with Gasteiger partial charge in [-0.1, -0.05) is 24.3 Å². The predicted octanol–water partition coefficient (Wildman–Crippen LogP) is 3.96. The van der Waals surface area contributed by atoms with E-state index < -0.39 is 0 Å². The minimum Gasteiger partial charge on any atom is -0.493 e. The van der Waals surface area contributed by atoms with Gasteiger partial charge < -0.3 is 10.1 Å². The summed E-state index contributed by atoms with van der Waals surface area (Å²) in [5.74, 6) is 1.07. The molecule has 2 heterocycles. The summed E-state index contributed by atoms with van der Waals surface area (Å²) in [5.41, 5.74) is 6.94. The molecular formula is C19H21NO. The zero-order valence-electron chi connectivity index (χ0n) is 12.5. The fourth-order valence-corrected chi connectivity index (χ4v) is 3.40. The average Bonchev–Trinajstić information content (AvgIpc) is 2.95. The van der Waals surface area contributed by atoms with Gasteiger partial charge >= 0.3 is 0 Å². The van der Waals surface area contributed by atoms with Crippen molar-refractivity contribution in [2.45, 2.75) is 38.6 Å². The fourth-order valence-electron chi connectivity index (χ4n) is 3.40. The van der Waals surface area contributed by atoms with Crippen LogP contribution >= 0.6 is 0 Å². The summed E-state index contributed by atoms with van der Waals surface area (Å²) in [6.45, 7) is 3.09. The molecule has 4 rings (SSSR count). The first-order chi connectivity index (χ1) is 10.3. The molecule has 2 aromatic rings. The maximum absolute atomic E-state index is 5.58. The largest absolute Gasteiger partial charge is 0.493 e. The number of nitrogens with one attached hydrogen (secondary N) is 1. The minimum absolute atomic E-state index is 0.597. The van der Waals surface area contributed by atoms with Crippen molar-refractivity contribution in [3.05, 3.63) is 58.7 Å². The molecule has 0 aromatic heterocycles. The molecule has 0 aliphatic carbocycles. The van der Waals surface area contributed by atoms with Gasteiger partial charge in [-0.15, -0.1) is 0 Å². The van der Waals surface area contributed by atoms with E-state index in [0.29, 0.717) is 6.04 Å². The van der Waals surface area contributed by atoms with Crippen LogP contribution in [0.1, 0.15) is 35.6 Å². The zero-order chi connectivity index (χ0) is 14.2. The normalized spacial score (nSPS) is 19.4. The highest BCUT2D eigenvalue weighted by Gasteiger charge is 2.15. The molecule has 2 heteroatoms. The van der Waals surface area contributed by atoms with Gasteiger partial charge in [-0.25, -0.2) is 0 Å². The van der Waals surface area contributed by atoms with Crippen molar-refractivity contribution < 1.29 is 4.74 Å². The van der Waals surface area contributed by atoms with E-state index in [1.165, 1.54) is 40.8 Å². The molecule has 0 amide bonds. The van der Waals surface area contributed by atoms with Crippen molar-refractivity contribution in [1.82, 2.24) is 0 Å². The van der Waals surface area contributed by atoms with Crippen LogP contribution in [0.3, 0.4) is 0 Å². The van der Waals surface area contributed by atoms with E-state index in [0.717, 1.165) is 25.2 Å². The topological polar surface area (TPSA) is 21.3 Å². The van der Waals surface area contributed by atoms with Crippen LogP contribution in [0, 0.1) is 0 Å². The van der Waals surface area contributed by atoms with Crippen LogP contribution in [0.2, 0.25) is 0 Å². The second-order valence-corrected chi connectivity index (χ2v) is 6.29. The Labute approximate surface area is 126 Å². The van der Waals surface area contributed by atoms with Crippen LogP contribution in [0.25, 0.3) is 0 Å². The van der Waals surface area contributed by atoms with Gasteiger partial charge in [0.2, 0.25) is 0 Å². The molecule has 0 radical (unpaired) electrons. The molecule has 1 atom stereocenters. The summed E-state index contributed by atoms with van der Waals surface area (Å²) in [7, 11) is 0. The summed E-state index contributed by atoms with van der Waals surface area (Å²) in [6.07, 6.45) is 4.48. The van der Waals surface area contributed by atoms with Crippen molar-refractivity contribution in [3.8, 4) is 5.75 Å². The highest BCUT2D eigenvalue weighted by Crippen LogP contribution is 2.29. The molecule has 0 spiro atoms. The monoisotopic (exact) mass is 279 g/mol. The van der Waals surface area contributed by atoms with E-state index in [1.807, 2.05) is 0 Å². The SMILES string of the molecule is CC1CCc2cc(Cc3ccc4c(c3)CCO4)ccc2N1. The van der Waals surface area contributed by atoms with Gasteiger partial charge in [-0.05, 0) is 60.6 Å². The summed E-state index contributed by atoms with van der Waals surface area (Å²) in [6, 6.07) is 14.1. The Morgan fingerprint density at radius 3 is 2.76 bits per heavy atom. The van der Waals surface area contributed by atoms with E-state index in [4.69, 9.17) is 4.74 Å². The Bertz CT molecular complexity index is 677. The summed E-state index contributed by atoms with van der Waals surface area (Å²) in [4.78, 5) is 0. The lowest BCUT2D eigenvalue weighted by Crippen LogP contribution is -2.21. The summed E-state index contributed by atoms with van der Waals surface area (Å²) < 4.78 is 5.58. The number of hydrogen-bond acceptors (Lipinski definition) is 2. The Hall–Kier alpha value is -1.96. The molecule has 0 bridgehead atoms. The van der Waals surface area contributed by atoms with Crippen molar-refractivity contribution in [1.29, 1.82) is 0 Å². The van der Waals surface area contributed by atoms with Crippen molar-refractivity contribution in [2.75, 3.05) is 11.9 Å². The lowest BCUT2D eigenvalue weighted by Gasteiger charge is -2.24. The van der Waals surface area contributed by atoms with Crippen LogP contribution in [0.5, 0.6) is 5.75 Å². The van der Waals surface area contributed by atoms with E-state index in [2.05, 4.69) is 48.6 Å². The Morgan fingerprint density at radius 2 is 1.86 bits per heavy atom. The van der Waals surface area contributed by atoms with Gasteiger partial charge in [0.15, 0.2) is 0 Å². The molecule has 2 aliphatic heterocycles. The minimum atomic E-state index is 0.597. The van der Waals surface area contributed by atoms with Gasteiger partial charge in [-0.3, -0.25) is 0 Å². The molecule has 108 valence electrons. The summed E-state index contributed by atoms with van der Waals surface area (Å²) >= 11 is 0. The molecule has 1 N–H and O–H groups in total. The van der Waals surface area contributed by atoms with Gasteiger partial charge in [0.25, 0.3) is 0 Å². The Balaban J connectivity index is 1.57. The third-order valence-electron chi connectivity index (χ3n) is 4.58. The predicted molar refractivity (Wildman–Crippen MR) is 86.3 cm³/mol. The van der Waals surface area contributed by atoms with E-state index >= 15 is 0 Å². The second-order valence-electron chi connectivity index (χ2n) is 6.29. The molecule has 1 unspecified atom stereocenters. The maximum atomic E-state index is 5.58. The Kier molecular flexibility index (Phi) is 3.10. The van der Waals surface area contributed by atoms with E-state index in [-0.39, 0.29) is 0 Å². The average molecular weight is 279 g/mol. The van der Waals surface area contributed by atoms with Crippen molar-refractivity contribution in [3.63, 3.8) is 0 Å². The van der Waals surface area contributed by atoms with Crippen LogP contribution in [-0.2, 0) is 19.3 Å². The standard InChI is InChI=1S/C19H21NO/c1-13-2-5-16-11-14(3-6-18(16)20-13)10-15-4-7-19-17(12-15)8-9-21-19/h3-4,6-7,11-13,20H,2,5,8-10H2,1H3. The lowest BCUT2D eigenvalue weighted by atomic mass is 9.94. The molecular weight excluding hydrogens is 258 g/mol. The molecule has 21 heavy (non-hydrogen) atoms. The smallest absolute Gasteiger partial charge is 0.122 e. The number of ether oxygens (including phenoxy) is 1. The van der Waals surface area contributed by atoms with Gasteiger partial charge in [0.1, 0.15) is 5.75 Å².